The molecule has 1 aliphatic rings. The molecule has 1 aliphatic carbocycles. The lowest BCUT2D eigenvalue weighted by Crippen LogP contribution is -2.17. The topological polar surface area (TPSA) is 30.5 Å². The van der Waals surface area contributed by atoms with E-state index in [1.54, 1.807) is 7.11 Å². The first kappa shape index (κ1) is 15.2. The molecule has 0 aliphatic heterocycles. The number of methoxy groups -OCH3 is 1. The molecule has 3 nitrogen and oxygen atoms in total. The first-order valence-corrected chi connectivity index (χ1v) is 7.70. The Morgan fingerprint density at radius 3 is 2.75 bits per heavy atom. The first-order valence-electron chi connectivity index (χ1n) is 7.70. The van der Waals surface area contributed by atoms with Crippen LogP contribution in [0.1, 0.15) is 38.7 Å². The highest BCUT2D eigenvalue weighted by Crippen LogP contribution is 2.32. The Morgan fingerprint density at radius 2 is 2.10 bits per heavy atom. The van der Waals surface area contributed by atoms with E-state index >= 15 is 0 Å². The molecule has 1 saturated carbocycles. The molecule has 0 aromatic heterocycles. The van der Waals surface area contributed by atoms with Gasteiger partial charge in [-0.3, -0.25) is 0 Å². The number of rotatable bonds is 9. The Balaban J connectivity index is 1.95. The fourth-order valence-electron chi connectivity index (χ4n) is 2.15. The fraction of sp³-hybridized carbons (Fsp3) is 0.647. The molecule has 0 spiro atoms. The normalized spacial score (nSPS) is 14.6. The lowest BCUT2D eigenvalue weighted by atomic mass is 10.1. The van der Waals surface area contributed by atoms with Crippen molar-refractivity contribution >= 4 is 0 Å². The van der Waals surface area contributed by atoms with Crippen molar-refractivity contribution in [3.63, 3.8) is 0 Å². The molecule has 0 heterocycles. The van der Waals surface area contributed by atoms with Crippen molar-refractivity contribution in [2.24, 2.45) is 11.8 Å². The van der Waals surface area contributed by atoms with Gasteiger partial charge in [0.2, 0.25) is 0 Å². The highest BCUT2D eigenvalue weighted by Gasteiger charge is 2.20. The monoisotopic (exact) mass is 277 g/mol. The summed E-state index contributed by atoms with van der Waals surface area (Å²) in [5, 5.41) is 3.52. The predicted octanol–water partition coefficient (Wildman–Crippen LogP) is 3.62. The maximum atomic E-state index is 5.98. The molecular formula is C17H27NO2. The van der Waals surface area contributed by atoms with E-state index in [4.69, 9.17) is 9.47 Å². The predicted molar refractivity (Wildman–Crippen MR) is 82.4 cm³/mol. The number of nitrogens with one attached hydrogen (secondary N) is 1. The molecule has 1 aromatic carbocycles. The van der Waals surface area contributed by atoms with Gasteiger partial charge in [0.25, 0.3) is 0 Å². The van der Waals surface area contributed by atoms with Gasteiger partial charge in [0.15, 0.2) is 11.5 Å². The van der Waals surface area contributed by atoms with Crippen LogP contribution in [0.25, 0.3) is 0 Å². The van der Waals surface area contributed by atoms with E-state index in [-0.39, 0.29) is 0 Å². The molecule has 0 saturated heterocycles. The summed E-state index contributed by atoms with van der Waals surface area (Å²) in [5.74, 6) is 3.28. The Bertz CT molecular complexity index is 413. The molecule has 1 N–H and O–H groups in total. The summed E-state index contributed by atoms with van der Waals surface area (Å²) >= 11 is 0. The largest absolute Gasteiger partial charge is 0.493 e. The van der Waals surface area contributed by atoms with Crippen LogP contribution in [0.3, 0.4) is 0 Å². The molecule has 1 aromatic rings. The van der Waals surface area contributed by atoms with E-state index in [0.29, 0.717) is 5.92 Å². The Labute approximate surface area is 122 Å². The standard InChI is InChI=1S/C17H27NO2/c1-13(2)9-10-20-17-15(5-4-6-16(17)19-3)12-18-11-14-7-8-14/h4-6,13-14,18H,7-12H2,1-3H3. The Kier molecular flexibility index (Phi) is 5.72. The summed E-state index contributed by atoms with van der Waals surface area (Å²) < 4.78 is 11.4. The van der Waals surface area contributed by atoms with Gasteiger partial charge in [-0.25, -0.2) is 0 Å². The van der Waals surface area contributed by atoms with Crippen molar-refractivity contribution < 1.29 is 9.47 Å². The molecular weight excluding hydrogens is 250 g/mol. The maximum absolute atomic E-state index is 5.98. The summed E-state index contributed by atoms with van der Waals surface area (Å²) in [6, 6.07) is 6.12. The third-order valence-corrected chi connectivity index (χ3v) is 3.67. The van der Waals surface area contributed by atoms with E-state index in [9.17, 15) is 0 Å². The van der Waals surface area contributed by atoms with Crippen LogP contribution in [-0.4, -0.2) is 20.3 Å². The van der Waals surface area contributed by atoms with E-state index in [1.165, 1.54) is 18.4 Å². The summed E-state index contributed by atoms with van der Waals surface area (Å²) in [5.41, 5.74) is 1.19. The van der Waals surface area contributed by atoms with E-state index in [0.717, 1.165) is 43.5 Å². The molecule has 0 amide bonds. The molecule has 0 unspecified atom stereocenters. The molecule has 1 fully saturated rings. The number of para-hydroxylation sites is 1. The van der Waals surface area contributed by atoms with Gasteiger partial charge in [-0.05, 0) is 43.7 Å². The maximum Gasteiger partial charge on any atom is 0.165 e. The van der Waals surface area contributed by atoms with Crippen molar-refractivity contribution in [2.45, 2.75) is 39.7 Å². The van der Waals surface area contributed by atoms with Crippen molar-refractivity contribution in [1.29, 1.82) is 0 Å². The molecule has 20 heavy (non-hydrogen) atoms. The summed E-state index contributed by atoms with van der Waals surface area (Å²) in [7, 11) is 1.70. The van der Waals surface area contributed by atoms with Crippen molar-refractivity contribution in [1.82, 2.24) is 5.32 Å². The van der Waals surface area contributed by atoms with Crippen LogP contribution >= 0.6 is 0 Å². The molecule has 112 valence electrons. The SMILES string of the molecule is COc1cccc(CNCC2CC2)c1OCCC(C)C. The number of ether oxygens (including phenoxy) is 2. The molecule has 0 radical (unpaired) electrons. The van der Waals surface area contributed by atoms with Gasteiger partial charge in [0, 0.05) is 12.1 Å². The second kappa shape index (κ2) is 7.53. The van der Waals surface area contributed by atoms with Crippen LogP contribution in [0, 0.1) is 11.8 Å². The minimum atomic E-state index is 0.654. The highest BCUT2D eigenvalue weighted by molar-refractivity contribution is 5.46. The summed E-state index contributed by atoms with van der Waals surface area (Å²) in [6.45, 7) is 7.13. The lowest BCUT2D eigenvalue weighted by molar-refractivity contribution is 0.269. The van der Waals surface area contributed by atoms with Crippen molar-refractivity contribution in [2.75, 3.05) is 20.3 Å². The van der Waals surface area contributed by atoms with Gasteiger partial charge in [-0.2, -0.15) is 0 Å². The van der Waals surface area contributed by atoms with Gasteiger partial charge in [-0.1, -0.05) is 26.0 Å². The summed E-state index contributed by atoms with van der Waals surface area (Å²) in [6.07, 6.45) is 3.82. The zero-order valence-electron chi connectivity index (χ0n) is 12.9. The lowest BCUT2D eigenvalue weighted by Gasteiger charge is -2.16. The second-order valence-electron chi connectivity index (χ2n) is 6.05. The Morgan fingerprint density at radius 1 is 1.30 bits per heavy atom. The van der Waals surface area contributed by atoms with Crippen LogP contribution in [0.5, 0.6) is 11.5 Å². The third-order valence-electron chi connectivity index (χ3n) is 3.67. The van der Waals surface area contributed by atoms with Crippen LogP contribution in [0.4, 0.5) is 0 Å². The average molecular weight is 277 g/mol. The molecule has 3 heteroatoms. The average Bonchev–Trinajstić information content (AvgIpc) is 3.23. The van der Waals surface area contributed by atoms with Gasteiger partial charge in [0.1, 0.15) is 0 Å². The van der Waals surface area contributed by atoms with Crippen molar-refractivity contribution in [3.8, 4) is 11.5 Å². The summed E-state index contributed by atoms with van der Waals surface area (Å²) in [4.78, 5) is 0. The van der Waals surface area contributed by atoms with Crippen LogP contribution in [-0.2, 0) is 6.54 Å². The first-order chi connectivity index (χ1) is 9.70. The van der Waals surface area contributed by atoms with Gasteiger partial charge < -0.3 is 14.8 Å². The van der Waals surface area contributed by atoms with E-state index in [1.807, 2.05) is 12.1 Å². The molecule has 0 bridgehead atoms. The highest BCUT2D eigenvalue weighted by atomic mass is 16.5. The van der Waals surface area contributed by atoms with Gasteiger partial charge >= 0.3 is 0 Å². The third kappa shape index (κ3) is 4.71. The van der Waals surface area contributed by atoms with Crippen LogP contribution in [0.2, 0.25) is 0 Å². The fourth-order valence-corrected chi connectivity index (χ4v) is 2.15. The molecule has 2 rings (SSSR count). The molecule has 0 atom stereocenters. The quantitative estimate of drug-likeness (QED) is 0.748. The second-order valence-corrected chi connectivity index (χ2v) is 6.05. The van der Waals surface area contributed by atoms with Crippen LogP contribution < -0.4 is 14.8 Å². The minimum absolute atomic E-state index is 0.654. The number of benzene rings is 1. The van der Waals surface area contributed by atoms with Gasteiger partial charge in [-0.15, -0.1) is 0 Å². The van der Waals surface area contributed by atoms with Gasteiger partial charge in [0.05, 0.1) is 13.7 Å². The van der Waals surface area contributed by atoms with Crippen LogP contribution in [0.15, 0.2) is 18.2 Å². The zero-order chi connectivity index (χ0) is 14.4. The number of hydrogen-bond acceptors (Lipinski definition) is 3. The van der Waals surface area contributed by atoms with E-state index < -0.39 is 0 Å². The smallest absolute Gasteiger partial charge is 0.165 e. The van der Waals surface area contributed by atoms with E-state index in [2.05, 4.69) is 25.2 Å². The minimum Gasteiger partial charge on any atom is -0.493 e. The Hall–Kier alpha value is -1.22. The van der Waals surface area contributed by atoms with Crippen molar-refractivity contribution in [3.05, 3.63) is 23.8 Å². The number of hydrogen-bond donors (Lipinski definition) is 1. The zero-order valence-corrected chi connectivity index (χ0v) is 12.9.